The fraction of sp³-hybridized carbons (Fsp3) is 0.818. The first-order valence-electron chi connectivity index (χ1n) is 5.79. The number of nitrogens with one attached hydrogen (secondary N) is 2. The van der Waals surface area contributed by atoms with Crippen molar-refractivity contribution in [2.75, 3.05) is 20.2 Å². The molecule has 0 radical (unpaired) electrons. The highest BCUT2D eigenvalue weighted by molar-refractivity contribution is 5.78. The lowest BCUT2D eigenvalue weighted by Gasteiger charge is -2.11. The van der Waals surface area contributed by atoms with Crippen LogP contribution in [0.5, 0.6) is 0 Å². The zero-order valence-electron chi connectivity index (χ0n) is 9.75. The van der Waals surface area contributed by atoms with Crippen molar-refractivity contribution in [2.24, 2.45) is 0 Å². The Bertz CT molecular complexity index is 237. The fourth-order valence-corrected chi connectivity index (χ4v) is 1.84. The van der Waals surface area contributed by atoms with Gasteiger partial charge in [0, 0.05) is 12.6 Å². The normalized spacial score (nSPS) is 16.1. The number of ether oxygens (including phenoxy) is 1. The van der Waals surface area contributed by atoms with Crippen molar-refractivity contribution in [3.05, 3.63) is 0 Å². The fourth-order valence-electron chi connectivity index (χ4n) is 1.84. The molecule has 92 valence electrons. The van der Waals surface area contributed by atoms with E-state index in [1.54, 1.807) is 0 Å². The SMILES string of the molecule is COC(=O)CCNC(=O)CNC1CCCC1. The third-order valence-corrected chi connectivity index (χ3v) is 2.79. The molecule has 5 heteroatoms. The molecule has 1 aliphatic carbocycles. The van der Waals surface area contributed by atoms with E-state index in [0.29, 0.717) is 19.1 Å². The van der Waals surface area contributed by atoms with Crippen LogP contribution in [0.3, 0.4) is 0 Å². The molecule has 1 rings (SSSR count). The first-order valence-corrected chi connectivity index (χ1v) is 5.79. The van der Waals surface area contributed by atoms with E-state index < -0.39 is 0 Å². The molecule has 0 saturated heterocycles. The summed E-state index contributed by atoms with van der Waals surface area (Å²) in [5, 5.41) is 5.87. The summed E-state index contributed by atoms with van der Waals surface area (Å²) >= 11 is 0. The maximum atomic E-state index is 11.3. The second-order valence-corrected chi connectivity index (χ2v) is 4.04. The van der Waals surface area contributed by atoms with Gasteiger partial charge in [0.05, 0.1) is 20.1 Å². The lowest BCUT2D eigenvalue weighted by Crippen LogP contribution is -2.38. The van der Waals surface area contributed by atoms with Crippen molar-refractivity contribution in [3.8, 4) is 0 Å². The van der Waals surface area contributed by atoms with Crippen molar-refractivity contribution >= 4 is 11.9 Å². The van der Waals surface area contributed by atoms with Crippen molar-refractivity contribution in [2.45, 2.75) is 38.1 Å². The average Bonchev–Trinajstić information content (AvgIpc) is 2.79. The predicted molar refractivity (Wildman–Crippen MR) is 59.9 cm³/mol. The zero-order valence-corrected chi connectivity index (χ0v) is 9.75. The van der Waals surface area contributed by atoms with Gasteiger partial charge in [-0.3, -0.25) is 9.59 Å². The lowest BCUT2D eigenvalue weighted by molar-refractivity contribution is -0.140. The quantitative estimate of drug-likeness (QED) is 0.637. The highest BCUT2D eigenvalue weighted by Gasteiger charge is 2.15. The minimum Gasteiger partial charge on any atom is -0.469 e. The molecule has 0 spiro atoms. The van der Waals surface area contributed by atoms with Crippen molar-refractivity contribution in [1.82, 2.24) is 10.6 Å². The number of carbonyl (C=O) groups excluding carboxylic acids is 2. The minimum atomic E-state index is -0.302. The Morgan fingerprint density at radius 1 is 1.31 bits per heavy atom. The summed E-state index contributed by atoms with van der Waals surface area (Å²) in [6.45, 7) is 0.684. The van der Waals surface area contributed by atoms with E-state index in [9.17, 15) is 9.59 Å². The molecule has 16 heavy (non-hydrogen) atoms. The van der Waals surface area contributed by atoms with E-state index in [1.807, 2.05) is 0 Å². The first kappa shape index (κ1) is 13.0. The van der Waals surface area contributed by atoms with E-state index in [1.165, 1.54) is 20.0 Å². The van der Waals surface area contributed by atoms with Gasteiger partial charge in [0.25, 0.3) is 0 Å². The van der Waals surface area contributed by atoms with E-state index in [-0.39, 0.29) is 18.3 Å². The summed E-state index contributed by atoms with van der Waals surface area (Å²) < 4.78 is 4.47. The van der Waals surface area contributed by atoms with Gasteiger partial charge in [0.1, 0.15) is 0 Å². The Hall–Kier alpha value is -1.10. The maximum absolute atomic E-state index is 11.3. The van der Waals surface area contributed by atoms with E-state index in [4.69, 9.17) is 0 Å². The monoisotopic (exact) mass is 228 g/mol. The highest BCUT2D eigenvalue weighted by Crippen LogP contribution is 2.17. The summed E-state index contributed by atoms with van der Waals surface area (Å²) in [4.78, 5) is 22.1. The number of methoxy groups -OCH3 is 1. The van der Waals surface area contributed by atoms with Crippen molar-refractivity contribution in [1.29, 1.82) is 0 Å². The van der Waals surface area contributed by atoms with Gasteiger partial charge in [-0.1, -0.05) is 12.8 Å². The standard InChI is InChI=1S/C11H20N2O3/c1-16-11(15)6-7-12-10(14)8-13-9-4-2-3-5-9/h9,13H,2-8H2,1H3,(H,12,14). The van der Waals surface area contributed by atoms with Gasteiger partial charge in [-0.25, -0.2) is 0 Å². The van der Waals surface area contributed by atoms with Crippen LogP contribution in [-0.4, -0.2) is 38.1 Å². The van der Waals surface area contributed by atoms with Gasteiger partial charge < -0.3 is 15.4 Å². The van der Waals surface area contributed by atoms with Crippen LogP contribution in [0.4, 0.5) is 0 Å². The largest absolute Gasteiger partial charge is 0.469 e. The third kappa shape index (κ3) is 5.11. The molecule has 0 atom stereocenters. The average molecular weight is 228 g/mol. The molecule has 0 heterocycles. The molecule has 1 saturated carbocycles. The summed E-state index contributed by atoms with van der Waals surface area (Å²) in [5.74, 6) is -0.361. The molecular weight excluding hydrogens is 208 g/mol. The molecule has 0 unspecified atom stereocenters. The Morgan fingerprint density at radius 3 is 2.62 bits per heavy atom. The molecule has 1 aliphatic rings. The molecule has 0 aromatic carbocycles. The molecular formula is C11H20N2O3. The highest BCUT2D eigenvalue weighted by atomic mass is 16.5. The zero-order chi connectivity index (χ0) is 11.8. The topological polar surface area (TPSA) is 67.4 Å². The van der Waals surface area contributed by atoms with E-state index in [0.717, 1.165) is 12.8 Å². The Morgan fingerprint density at radius 2 is 2.00 bits per heavy atom. The lowest BCUT2D eigenvalue weighted by atomic mass is 10.2. The number of carbonyl (C=O) groups is 2. The Balaban J connectivity index is 2.00. The van der Waals surface area contributed by atoms with Crippen LogP contribution in [0.25, 0.3) is 0 Å². The molecule has 1 amide bonds. The number of amides is 1. The summed E-state index contributed by atoms with van der Waals surface area (Å²) in [5.41, 5.74) is 0. The van der Waals surface area contributed by atoms with Crippen LogP contribution in [-0.2, 0) is 14.3 Å². The smallest absolute Gasteiger partial charge is 0.307 e. The molecule has 5 nitrogen and oxygen atoms in total. The summed E-state index contributed by atoms with van der Waals surface area (Å²) in [7, 11) is 1.34. The second kappa shape index (κ2) is 7.22. The minimum absolute atomic E-state index is 0.0594. The molecule has 0 aromatic heterocycles. The number of esters is 1. The van der Waals surface area contributed by atoms with Crippen LogP contribution < -0.4 is 10.6 Å². The van der Waals surface area contributed by atoms with Gasteiger partial charge in [-0.2, -0.15) is 0 Å². The third-order valence-electron chi connectivity index (χ3n) is 2.79. The molecule has 0 aliphatic heterocycles. The van der Waals surface area contributed by atoms with Crippen molar-refractivity contribution < 1.29 is 14.3 Å². The summed E-state index contributed by atoms with van der Waals surface area (Å²) in [6, 6.07) is 0.492. The van der Waals surface area contributed by atoms with Gasteiger partial charge >= 0.3 is 5.97 Å². The molecule has 0 aromatic rings. The van der Waals surface area contributed by atoms with Gasteiger partial charge in [-0.15, -0.1) is 0 Å². The van der Waals surface area contributed by atoms with Crippen molar-refractivity contribution in [3.63, 3.8) is 0 Å². The Kier molecular flexibility index (Phi) is 5.85. The molecule has 1 fully saturated rings. The van der Waals surface area contributed by atoms with Crippen LogP contribution in [0, 0.1) is 0 Å². The summed E-state index contributed by atoms with van der Waals surface area (Å²) in [6.07, 6.45) is 5.06. The van der Waals surface area contributed by atoms with Crippen LogP contribution in [0.1, 0.15) is 32.1 Å². The van der Waals surface area contributed by atoms with Gasteiger partial charge in [0.2, 0.25) is 5.91 Å². The Labute approximate surface area is 95.9 Å². The van der Waals surface area contributed by atoms with Gasteiger partial charge in [-0.05, 0) is 12.8 Å². The number of hydrogen-bond donors (Lipinski definition) is 2. The molecule has 0 bridgehead atoms. The number of hydrogen-bond acceptors (Lipinski definition) is 4. The van der Waals surface area contributed by atoms with E-state index >= 15 is 0 Å². The van der Waals surface area contributed by atoms with Crippen LogP contribution in [0.15, 0.2) is 0 Å². The second-order valence-electron chi connectivity index (χ2n) is 4.04. The van der Waals surface area contributed by atoms with Crippen LogP contribution >= 0.6 is 0 Å². The number of rotatable bonds is 6. The maximum Gasteiger partial charge on any atom is 0.307 e. The predicted octanol–water partition coefficient (Wildman–Crippen LogP) is 0.198. The van der Waals surface area contributed by atoms with Crippen LogP contribution in [0.2, 0.25) is 0 Å². The van der Waals surface area contributed by atoms with Gasteiger partial charge in [0.15, 0.2) is 0 Å². The van der Waals surface area contributed by atoms with E-state index in [2.05, 4.69) is 15.4 Å². The molecule has 2 N–H and O–H groups in total. The first-order chi connectivity index (χ1) is 7.72.